The number of methoxy groups -OCH3 is 2. The molecule has 0 unspecified atom stereocenters. The van der Waals surface area contributed by atoms with Crippen LogP contribution in [0, 0.1) is 0 Å². The van der Waals surface area contributed by atoms with Gasteiger partial charge in [0, 0.05) is 12.1 Å². The highest BCUT2D eigenvalue weighted by atomic mass is 16.5. The molecular formula is C17H21N3O3. The molecule has 2 aromatic rings. The van der Waals surface area contributed by atoms with E-state index >= 15 is 0 Å². The minimum atomic E-state index is -0.316. The molecule has 0 spiro atoms. The van der Waals surface area contributed by atoms with Gasteiger partial charge in [0.05, 0.1) is 19.9 Å². The molecule has 6 heteroatoms. The molecule has 2 rings (SSSR count). The summed E-state index contributed by atoms with van der Waals surface area (Å²) in [5.41, 5.74) is 0.849. The third-order valence-corrected chi connectivity index (χ3v) is 3.07. The number of pyridine rings is 1. The van der Waals surface area contributed by atoms with Crippen molar-refractivity contribution >= 4 is 17.4 Å². The molecule has 0 atom stereocenters. The van der Waals surface area contributed by atoms with Crippen LogP contribution in [0.25, 0.3) is 0 Å². The molecule has 0 aliphatic carbocycles. The van der Waals surface area contributed by atoms with Gasteiger partial charge >= 0.3 is 0 Å². The molecule has 122 valence electrons. The molecule has 2 N–H and O–H groups in total. The Labute approximate surface area is 135 Å². The van der Waals surface area contributed by atoms with Crippen molar-refractivity contribution < 1.29 is 14.3 Å². The van der Waals surface area contributed by atoms with Crippen molar-refractivity contribution in [3.05, 3.63) is 42.1 Å². The van der Waals surface area contributed by atoms with Crippen LogP contribution in [0.5, 0.6) is 11.5 Å². The number of ether oxygens (including phenoxy) is 2. The Morgan fingerprint density at radius 2 is 1.91 bits per heavy atom. The quantitative estimate of drug-likeness (QED) is 0.856. The van der Waals surface area contributed by atoms with Gasteiger partial charge in [-0.15, -0.1) is 0 Å². The third-order valence-electron chi connectivity index (χ3n) is 3.07. The van der Waals surface area contributed by atoms with Crippen molar-refractivity contribution in [3.63, 3.8) is 0 Å². The highest BCUT2D eigenvalue weighted by molar-refractivity contribution is 6.04. The number of anilines is 2. The molecule has 0 radical (unpaired) electrons. The Kier molecular flexibility index (Phi) is 5.41. The van der Waals surface area contributed by atoms with Crippen molar-refractivity contribution in [2.45, 2.75) is 19.9 Å². The summed E-state index contributed by atoms with van der Waals surface area (Å²) in [7, 11) is 3.11. The Bertz CT molecular complexity index is 687. The number of aromatic nitrogens is 1. The van der Waals surface area contributed by atoms with Crippen molar-refractivity contribution in [1.82, 2.24) is 4.98 Å². The number of carbonyl (C=O) groups is 1. The molecule has 0 aliphatic heterocycles. The predicted octanol–water partition coefficient (Wildman–Crippen LogP) is 3.17. The maximum atomic E-state index is 12.4. The van der Waals surface area contributed by atoms with Crippen LogP contribution in [0.4, 0.5) is 11.5 Å². The number of amides is 1. The fraction of sp³-hybridized carbons (Fsp3) is 0.294. The smallest absolute Gasteiger partial charge is 0.274 e. The second-order valence-corrected chi connectivity index (χ2v) is 5.23. The van der Waals surface area contributed by atoms with Gasteiger partial charge in [0.25, 0.3) is 5.91 Å². The van der Waals surface area contributed by atoms with Crippen molar-refractivity contribution in [3.8, 4) is 11.5 Å². The minimum absolute atomic E-state index is 0.235. The van der Waals surface area contributed by atoms with Crippen molar-refractivity contribution in [2.24, 2.45) is 0 Å². The number of hydrogen-bond acceptors (Lipinski definition) is 5. The largest absolute Gasteiger partial charge is 0.497 e. The molecule has 0 bridgehead atoms. The number of benzene rings is 1. The van der Waals surface area contributed by atoms with Gasteiger partial charge in [0.2, 0.25) is 0 Å². The van der Waals surface area contributed by atoms with Gasteiger partial charge in [-0.3, -0.25) is 4.79 Å². The summed E-state index contributed by atoms with van der Waals surface area (Å²) in [6, 6.07) is 10.7. The molecule has 1 heterocycles. The van der Waals surface area contributed by atoms with E-state index < -0.39 is 0 Å². The van der Waals surface area contributed by atoms with Crippen molar-refractivity contribution in [1.29, 1.82) is 0 Å². The topological polar surface area (TPSA) is 72.5 Å². The standard InChI is InChI=1S/C17H21N3O3/c1-11(2)18-16-7-5-6-13(19-16)17(21)20-14-10-12(22-3)8-9-15(14)23-4/h5-11H,1-4H3,(H,18,19)(H,20,21). The SMILES string of the molecule is COc1ccc(OC)c(NC(=O)c2cccc(NC(C)C)n2)c1. The number of carbonyl (C=O) groups excluding carboxylic acids is 1. The zero-order chi connectivity index (χ0) is 16.8. The van der Waals surface area contributed by atoms with Crippen LogP contribution < -0.4 is 20.1 Å². The van der Waals surface area contributed by atoms with E-state index in [9.17, 15) is 4.79 Å². The molecule has 1 aromatic heterocycles. The van der Waals surface area contributed by atoms with Crippen molar-refractivity contribution in [2.75, 3.05) is 24.9 Å². The number of rotatable bonds is 6. The Hall–Kier alpha value is -2.76. The first-order valence-electron chi connectivity index (χ1n) is 7.30. The summed E-state index contributed by atoms with van der Waals surface area (Å²) in [5.74, 6) is 1.52. The van der Waals surface area contributed by atoms with Crippen LogP contribution in [0.3, 0.4) is 0 Å². The fourth-order valence-electron chi connectivity index (χ4n) is 2.04. The first-order valence-corrected chi connectivity index (χ1v) is 7.30. The summed E-state index contributed by atoms with van der Waals surface area (Å²) in [5, 5.41) is 5.97. The molecule has 0 saturated heterocycles. The van der Waals surface area contributed by atoms with E-state index in [4.69, 9.17) is 9.47 Å². The number of nitrogens with one attached hydrogen (secondary N) is 2. The lowest BCUT2D eigenvalue weighted by molar-refractivity contribution is 0.102. The van der Waals surface area contributed by atoms with Crippen LogP contribution in [0.2, 0.25) is 0 Å². The van der Waals surface area contributed by atoms with Crippen LogP contribution in [0.15, 0.2) is 36.4 Å². The van der Waals surface area contributed by atoms with E-state index in [0.29, 0.717) is 28.7 Å². The van der Waals surface area contributed by atoms with Gasteiger partial charge in [0.1, 0.15) is 23.0 Å². The lowest BCUT2D eigenvalue weighted by atomic mass is 10.2. The molecule has 1 aromatic carbocycles. The van der Waals surface area contributed by atoms with E-state index in [-0.39, 0.29) is 11.9 Å². The van der Waals surface area contributed by atoms with E-state index in [0.717, 1.165) is 0 Å². The molecular weight excluding hydrogens is 294 g/mol. The van der Waals surface area contributed by atoms with Gasteiger partial charge < -0.3 is 20.1 Å². The average molecular weight is 315 g/mol. The van der Waals surface area contributed by atoms with E-state index in [2.05, 4.69) is 15.6 Å². The molecule has 0 aliphatic rings. The zero-order valence-corrected chi connectivity index (χ0v) is 13.7. The molecule has 0 fully saturated rings. The summed E-state index contributed by atoms with van der Waals surface area (Å²) < 4.78 is 10.4. The fourth-order valence-corrected chi connectivity index (χ4v) is 2.04. The van der Waals surface area contributed by atoms with Crippen LogP contribution in [-0.2, 0) is 0 Å². The maximum Gasteiger partial charge on any atom is 0.274 e. The summed E-state index contributed by atoms with van der Waals surface area (Å²) in [6.45, 7) is 4.02. The molecule has 1 amide bonds. The summed E-state index contributed by atoms with van der Waals surface area (Å²) >= 11 is 0. The van der Waals surface area contributed by atoms with Gasteiger partial charge in [-0.1, -0.05) is 6.07 Å². The predicted molar refractivity (Wildman–Crippen MR) is 90.5 cm³/mol. The van der Waals surface area contributed by atoms with E-state index in [1.807, 2.05) is 19.9 Å². The maximum absolute atomic E-state index is 12.4. The minimum Gasteiger partial charge on any atom is -0.497 e. The highest BCUT2D eigenvalue weighted by Crippen LogP contribution is 2.29. The second kappa shape index (κ2) is 7.49. The van der Waals surface area contributed by atoms with E-state index in [1.165, 1.54) is 0 Å². The van der Waals surface area contributed by atoms with Crippen LogP contribution >= 0.6 is 0 Å². The summed E-state index contributed by atoms with van der Waals surface area (Å²) in [4.78, 5) is 16.7. The Morgan fingerprint density at radius 1 is 1.13 bits per heavy atom. The van der Waals surface area contributed by atoms with Crippen LogP contribution in [-0.4, -0.2) is 31.2 Å². The molecule has 6 nitrogen and oxygen atoms in total. The monoisotopic (exact) mass is 315 g/mol. The van der Waals surface area contributed by atoms with Gasteiger partial charge in [-0.25, -0.2) is 4.98 Å². The average Bonchev–Trinajstić information content (AvgIpc) is 2.54. The lowest BCUT2D eigenvalue weighted by Gasteiger charge is -2.13. The molecule has 23 heavy (non-hydrogen) atoms. The third kappa shape index (κ3) is 4.35. The van der Waals surface area contributed by atoms with E-state index in [1.54, 1.807) is 44.6 Å². The Morgan fingerprint density at radius 3 is 2.57 bits per heavy atom. The Balaban J connectivity index is 2.22. The first-order chi connectivity index (χ1) is 11.0. The lowest BCUT2D eigenvalue weighted by Crippen LogP contribution is -2.17. The summed E-state index contributed by atoms with van der Waals surface area (Å²) in [6.07, 6.45) is 0. The van der Waals surface area contributed by atoms with Crippen LogP contribution in [0.1, 0.15) is 24.3 Å². The molecule has 0 saturated carbocycles. The normalized spacial score (nSPS) is 10.3. The van der Waals surface area contributed by atoms with Gasteiger partial charge in [0.15, 0.2) is 0 Å². The number of hydrogen-bond donors (Lipinski definition) is 2. The van der Waals surface area contributed by atoms with Gasteiger partial charge in [-0.05, 0) is 38.1 Å². The zero-order valence-electron chi connectivity index (χ0n) is 13.7. The van der Waals surface area contributed by atoms with Gasteiger partial charge in [-0.2, -0.15) is 0 Å². The highest BCUT2D eigenvalue weighted by Gasteiger charge is 2.13. The number of nitrogens with zero attached hydrogens (tertiary/aromatic N) is 1. The second-order valence-electron chi connectivity index (χ2n) is 5.23. The first kappa shape index (κ1) is 16.6.